The Kier molecular flexibility index (Phi) is 6.37. The lowest BCUT2D eigenvalue weighted by atomic mass is 9.91. The summed E-state index contributed by atoms with van der Waals surface area (Å²) >= 11 is 0. The second kappa shape index (κ2) is 8.27. The molecule has 0 N–H and O–H groups in total. The first-order valence-electron chi connectivity index (χ1n) is 8.88. The zero-order valence-electron chi connectivity index (χ0n) is 14.3. The second-order valence-corrected chi connectivity index (χ2v) is 6.67. The van der Waals surface area contributed by atoms with Crippen LogP contribution in [0.15, 0.2) is 12.2 Å². The van der Waals surface area contributed by atoms with Crippen LogP contribution in [0.5, 0.6) is 0 Å². The van der Waals surface area contributed by atoms with E-state index in [1.807, 2.05) is 4.90 Å². The van der Waals surface area contributed by atoms with Crippen LogP contribution in [0.1, 0.15) is 58.8 Å². The van der Waals surface area contributed by atoms with Gasteiger partial charge < -0.3 is 4.90 Å². The standard InChI is InChI=1S/C18H28N2O3/c1-3-4-5-6-7-15-10-12-19(13-11-15)18(23)14(2)20-16(21)8-9-17(20)22/h8-9,14-15H,3-7,10-13H2,1-2H3. The van der Waals surface area contributed by atoms with Gasteiger partial charge in [0.2, 0.25) is 5.91 Å². The zero-order chi connectivity index (χ0) is 16.8. The highest BCUT2D eigenvalue weighted by Gasteiger charge is 2.35. The van der Waals surface area contributed by atoms with Gasteiger partial charge in [-0.15, -0.1) is 0 Å². The molecule has 2 rings (SSSR count). The number of piperidine rings is 1. The van der Waals surface area contributed by atoms with Crippen molar-refractivity contribution < 1.29 is 14.4 Å². The average Bonchev–Trinajstić information content (AvgIpc) is 2.89. The summed E-state index contributed by atoms with van der Waals surface area (Å²) in [6, 6.07) is -0.703. The van der Waals surface area contributed by atoms with Crippen LogP contribution < -0.4 is 0 Å². The van der Waals surface area contributed by atoms with Crippen LogP contribution in [0, 0.1) is 5.92 Å². The van der Waals surface area contributed by atoms with Gasteiger partial charge in [0.15, 0.2) is 0 Å². The first-order valence-corrected chi connectivity index (χ1v) is 8.88. The molecule has 0 aromatic rings. The highest BCUT2D eigenvalue weighted by Crippen LogP contribution is 2.24. The maximum absolute atomic E-state index is 12.5. The van der Waals surface area contributed by atoms with Gasteiger partial charge >= 0.3 is 0 Å². The number of nitrogens with zero attached hydrogens (tertiary/aromatic N) is 2. The lowest BCUT2D eigenvalue weighted by Crippen LogP contribution is -2.51. The van der Waals surface area contributed by atoms with E-state index in [1.165, 1.54) is 44.3 Å². The molecule has 2 heterocycles. The number of carbonyl (C=O) groups excluding carboxylic acids is 3. The zero-order valence-corrected chi connectivity index (χ0v) is 14.3. The predicted octanol–water partition coefficient (Wildman–Crippen LogP) is 2.51. The number of unbranched alkanes of at least 4 members (excludes halogenated alkanes) is 3. The van der Waals surface area contributed by atoms with E-state index in [0.717, 1.165) is 30.8 Å². The fourth-order valence-electron chi connectivity index (χ4n) is 3.47. The largest absolute Gasteiger partial charge is 0.341 e. The molecule has 1 atom stereocenters. The van der Waals surface area contributed by atoms with Gasteiger partial charge in [-0.2, -0.15) is 0 Å². The molecule has 23 heavy (non-hydrogen) atoms. The molecule has 1 unspecified atom stereocenters. The van der Waals surface area contributed by atoms with Crippen molar-refractivity contribution in [2.45, 2.75) is 64.8 Å². The summed E-state index contributed by atoms with van der Waals surface area (Å²) in [6.07, 6.45) is 10.9. The Hall–Kier alpha value is -1.65. The third kappa shape index (κ3) is 4.43. The number of hydrogen-bond acceptors (Lipinski definition) is 3. The van der Waals surface area contributed by atoms with Gasteiger partial charge in [0, 0.05) is 25.2 Å². The molecule has 2 aliphatic rings. The highest BCUT2D eigenvalue weighted by atomic mass is 16.2. The molecule has 5 heteroatoms. The molecule has 0 radical (unpaired) electrons. The summed E-state index contributed by atoms with van der Waals surface area (Å²) in [4.78, 5) is 38.8. The van der Waals surface area contributed by atoms with Crippen LogP contribution in [0.25, 0.3) is 0 Å². The molecule has 5 nitrogen and oxygen atoms in total. The summed E-state index contributed by atoms with van der Waals surface area (Å²) in [5.41, 5.74) is 0. The van der Waals surface area contributed by atoms with Gasteiger partial charge in [-0.3, -0.25) is 19.3 Å². The molecule has 0 spiro atoms. The molecule has 0 aromatic carbocycles. The fraction of sp³-hybridized carbons (Fsp3) is 0.722. The van der Waals surface area contributed by atoms with Gasteiger partial charge in [0.1, 0.15) is 6.04 Å². The van der Waals surface area contributed by atoms with Crippen molar-refractivity contribution in [1.29, 1.82) is 0 Å². The van der Waals surface area contributed by atoms with Crippen molar-refractivity contribution in [3.8, 4) is 0 Å². The first-order chi connectivity index (χ1) is 11.0. The SMILES string of the molecule is CCCCCCC1CCN(C(=O)C(C)N2C(=O)C=CC2=O)CC1. The molecule has 0 saturated carbocycles. The van der Waals surface area contributed by atoms with E-state index in [9.17, 15) is 14.4 Å². The van der Waals surface area contributed by atoms with Crippen molar-refractivity contribution in [1.82, 2.24) is 9.80 Å². The minimum Gasteiger partial charge on any atom is -0.341 e. The smallest absolute Gasteiger partial charge is 0.254 e. The summed E-state index contributed by atoms with van der Waals surface area (Å²) in [5, 5.41) is 0. The lowest BCUT2D eigenvalue weighted by molar-refractivity contribution is -0.149. The Morgan fingerprint density at radius 1 is 1.13 bits per heavy atom. The van der Waals surface area contributed by atoms with E-state index in [1.54, 1.807) is 6.92 Å². The molecule has 1 fully saturated rings. The maximum Gasteiger partial charge on any atom is 0.254 e. The van der Waals surface area contributed by atoms with E-state index in [0.29, 0.717) is 5.92 Å². The second-order valence-electron chi connectivity index (χ2n) is 6.67. The van der Waals surface area contributed by atoms with Crippen LogP contribution in [-0.4, -0.2) is 46.7 Å². The third-order valence-corrected chi connectivity index (χ3v) is 4.98. The Labute approximate surface area is 138 Å². The van der Waals surface area contributed by atoms with E-state index in [2.05, 4.69) is 6.92 Å². The molecule has 2 aliphatic heterocycles. The van der Waals surface area contributed by atoms with E-state index < -0.39 is 6.04 Å². The van der Waals surface area contributed by atoms with Gasteiger partial charge in [0.25, 0.3) is 11.8 Å². The van der Waals surface area contributed by atoms with E-state index in [4.69, 9.17) is 0 Å². The van der Waals surface area contributed by atoms with Crippen LogP contribution in [0.4, 0.5) is 0 Å². The number of amides is 3. The summed E-state index contributed by atoms with van der Waals surface area (Å²) < 4.78 is 0. The minimum absolute atomic E-state index is 0.111. The Balaban J connectivity index is 1.77. The number of carbonyl (C=O) groups is 3. The molecule has 128 valence electrons. The Bertz CT molecular complexity index is 461. The van der Waals surface area contributed by atoms with Gasteiger partial charge in [-0.25, -0.2) is 0 Å². The van der Waals surface area contributed by atoms with Gasteiger partial charge in [0.05, 0.1) is 0 Å². The Morgan fingerprint density at radius 3 is 2.30 bits per heavy atom. The highest BCUT2D eigenvalue weighted by molar-refractivity contribution is 6.15. The van der Waals surface area contributed by atoms with Crippen LogP contribution in [0.3, 0.4) is 0 Å². The quantitative estimate of drug-likeness (QED) is 0.535. The molecule has 0 aliphatic carbocycles. The third-order valence-electron chi connectivity index (χ3n) is 4.98. The lowest BCUT2D eigenvalue weighted by Gasteiger charge is -2.35. The van der Waals surface area contributed by atoms with E-state index >= 15 is 0 Å². The maximum atomic E-state index is 12.5. The predicted molar refractivity (Wildman–Crippen MR) is 88.5 cm³/mol. The number of rotatable bonds is 7. The van der Waals surface area contributed by atoms with Gasteiger partial charge in [-0.05, 0) is 25.7 Å². The Morgan fingerprint density at radius 2 is 1.74 bits per heavy atom. The van der Waals surface area contributed by atoms with Crippen molar-refractivity contribution in [3.63, 3.8) is 0 Å². The first kappa shape index (κ1) is 17.7. The van der Waals surface area contributed by atoms with Crippen molar-refractivity contribution >= 4 is 17.7 Å². The van der Waals surface area contributed by atoms with Crippen molar-refractivity contribution in [2.24, 2.45) is 5.92 Å². The topological polar surface area (TPSA) is 57.7 Å². The van der Waals surface area contributed by atoms with Crippen LogP contribution in [-0.2, 0) is 14.4 Å². The minimum atomic E-state index is -0.703. The number of imide groups is 1. The van der Waals surface area contributed by atoms with Crippen molar-refractivity contribution in [3.05, 3.63) is 12.2 Å². The van der Waals surface area contributed by atoms with Crippen LogP contribution in [0.2, 0.25) is 0 Å². The molecular weight excluding hydrogens is 292 g/mol. The fourth-order valence-corrected chi connectivity index (χ4v) is 3.47. The van der Waals surface area contributed by atoms with Crippen LogP contribution >= 0.6 is 0 Å². The molecule has 0 aromatic heterocycles. The van der Waals surface area contributed by atoms with Gasteiger partial charge in [-0.1, -0.05) is 39.0 Å². The van der Waals surface area contributed by atoms with Crippen molar-refractivity contribution in [2.75, 3.05) is 13.1 Å². The molecule has 1 saturated heterocycles. The summed E-state index contributed by atoms with van der Waals surface area (Å²) in [6.45, 7) is 5.34. The number of hydrogen-bond donors (Lipinski definition) is 0. The monoisotopic (exact) mass is 320 g/mol. The average molecular weight is 320 g/mol. The molecule has 3 amide bonds. The summed E-state index contributed by atoms with van der Waals surface area (Å²) in [7, 11) is 0. The molecule has 0 bridgehead atoms. The normalized spacial score (nSPS) is 20.4. The summed E-state index contributed by atoms with van der Waals surface area (Å²) in [5.74, 6) is -0.175. The van der Waals surface area contributed by atoms with E-state index in [-0.39, 0.29) is 17.7 Å². The molecular formula is C18H28N2O3. The number of likely N-dealkylation sites (tertiary alicyclic amines) is 1.